The molecule has 0 saturated carbocycles. The standard InChI is InChI=1S/C11H13ClN2O4/c1-5-4-6(12)8(11(17)18)9(14-3-2-13)7(5)10(15)16/h4,14H,2-3,13H2,1H3,(H,15,16)(H,17,18). The van der Waals surface area contributed by atoms with Gasteiger partial charge in [0.1, 0.15) is 5.56 Å². The number of carboxylic acid groups (broad SMARTS) is 2. The van der Waals surface area contributed by atoms with Crippen LogP contribution in [0.25, 0.3) is 0 Å². The summed E-state index contributed by atoms with van der Waals surface area (Å²) >= 11 is 5.84. The van der Waals surface area contributed by atoms with Crippen molar-refractivity contribution in [3.8, 4) is 0 Å². The molecular weight excluding hydrogens is 260 g/mol. The highest BCUT2D eigenvalue weighted by Crippen LogP contribution is 2.31. The summed E-state index contributed by atoms with van der Waals surface area (Å²) in [6.07, 6.45) is 0. The number of aryl methyl sites for hydroxylation is 1. The Labute approximate surface area is 108 Å². The minimum atomic E-state index is -1.29. The Balaban J connectivity index is 3.54. The van der Waals surface area contributed by atoms with Crippen LogP contribution < -0.4 is 11.1 Å². The van der Waals surface area contributed by atoms with E-state index in [0.717, 1.165) is 0 Å². The number of hydrogen-bond donors (Lipinski definition) is 4. The van der Waals surface area contributed by atoms with E-state index in [1.54, 1.807) is 6.92 Å². The number of nitrogens with two attached hydrogens (primary N) is 1. The summed E-state index contributed by atoms with van der Waals surface area (Å²) in [6, 6.07) is 1.32. The molecule has 0 bridgehead atoms. The summed E-state index contributed by atoms with van der Waals surface area (Å²) in [7, 11) is 0. The van der Waals surface area contributed by atoms with Gasteiger partial charge in [0, 0.05) is 13.1 Å². The Morgan fingerprint density at radius 3 is 2.33 bits per heavy atom. The number of benzene rings is 1. The van der Waals surface area contributed by atoms with Crippen molar-refractivity contribution in [2.75, 3.05) is 18.4 Å². The van der Waals surface area contributed by atoms with Gasteiger partial charge in [-0.2, -0.15) is 0 Å². The van der Waals surface area contributed by atoms with Crippen molar-refractivity contribution in [2.24, 2.45) is 5.73 Å². The molecule has 7 heteroatoms. The van der Waals surface area contributed by atoms with Crippen molar-refractivity contribution in [2.45, 2.75) is 6.92 Å². The average molecular weight is 273 g/mol. The third kappa shape index (κ3) is 2.72. The summed E-state index contributed by atoms with van der Waals surface area (Å²) < 4.78 is 0. The number of rotatable bonds is 5. The van der Waals surface area contributed by atoms with E-state index in [4.69, 9.17) is 27.5 Å². The lowest BCUT2D eigenvalue weighted by Gasteiger charge is -2.15. The molecule has 0 aliphatic rings. The molecule has 0 aromatic heterocycles. The zero-order chi connectivity index (χ0) is 13.9. The van der Waals surface area contributed by atoms with Crippen LogP contribution in [0.2, 0.25) is 5.02 Å². The first-order valence-electron chi connectivity index (χ1n) is 5.13. The summed E-state index contributed by atoms with van der Waals surface area (Å²) in [5, 5.41) is 20.9. The van der Waals surface area contributed by atoms with E-state index >= 15 is 0 Å². The SMILES string of the molecule is Cc1cc(Cl)c(C(=O)O)c(NCCN)c1C(=O)O. The van der Waals surface area contributed by atoms with Gasteiger partial charge < -0.3 is 21.3 Å². The van der Waals surface area contributed by atoms with Crippen LogP contribution in [0, 0.1) is 6.92 Å². The summed E-state index contributed by atoms with van der Waals surface area (Å²) in [4.78, 5) is 22.3. The maximum absolute atomic E-state index is 11.2. The molecule has 1 rings (SSSR count). The number of hydrogen-bond acceptors (Lipinski definition) is 4. The quantitative estimate of drug-likeness (QED) is 0.645. The molecule has 0 fully saturated rings. The molecular formula is C11H13ClN2O4. The van der Waals surface area contributed by atoms with Crippen LogP contribution >= 0.6 is 11.6 Å². The number of anilines is 1. The maximum Gasteiger partial charge on any atom is 0.339 e. The van der Waals surface area contributed by atoms with E-state index in [9.17, 15) is 9.59 Å². The first-order chi connectivity index (χ1) is 8.40. The minimum absolute atomic E-state index is 0.00884. The number of carboxylic acids is 2. The van der Waals surface area contributed by atoms with Crippen molar-refractivity contribution in [1.29, 1.82) is 0 Å². The fraction of sp³-hybridized carbons (Fsp3) is 0.273. The lowest BCUT2D eigenvalue weighted by atomic mass is 10.0. The topological polar surface area (TPSA) is 113 Å². The van der Waals surface area contributed by atoms with Crippen molar-refractivity contribution in [3.63, 3.8) is 0 Å². The molecule has 0 amide bonds. The molecule has 6 nitrogen and oxygen atoms in total. The number of nitrogens with one attached hydrogen (secondary N) is 1. The van der Waals surface area contributed by atoms with E-state index in [1.807, 2.05) is 0 Å². The van der Waals surface area contributed by atoms with E-state index in [-0.39, 0.29) is 34.9 Å². The highest BCUT2D eigenvalue weighted by Gasteiger charge is 2.23. The van der Waals surface area contributed by atoms with Crippen molar-refractivity contribution in [3.05, 3.63) is 27.8 Å². The predicted molar refractivity (Wildman–Crippen MR) is 67.7 cm³/mol. The minimum Gasteiger partial charge on any atom is -0.478 e. The van der Waals surface area contributed by atoms with Gasteiger partial charge in [0.2, 0.25) is 0 Å². The van der Waals surface area contributed by atoms with Crippen molar-refractivity contribution < 1.29 is 19.8 Å². The molecule has 1 aromatic carbocycles. The molecule has 0 saturated heterocycles. The number of carbonyl (C=O) groups is 2. The normalized spacial score (nSPS) is 10.2. The van der Waals surface area contributed by atoms with Crippen LogP contribution in [0.15, 0.2) is 6.07 Å². The Bertz CT molecular complexity index is 464. The van der Waals surface area contributed by atoms with Gasteiger partial charge >= 0.3 is 11.9 Å². The molecule has 0 aliphatic carbocycles. The van der Waals surface area contributed by atoms with E-state index in [0.29, 0.717) is 5.56 Å². The third-order valence-electron chi connectivity index (χ3n) is 2.35. The van der Waals surface area contributed by atoms with Crippen molar-refractivity contribution in [1.82, 2.24) is 0 Å². The third-order valence-corrected chi connectivity index (χ3v) is 2.65. The first-order valence-corrected chi connectivity index (χ1v) is 5.51. The van der Waals surface area contributed by atoms with Gasteiger partial charge in [0.25, 0.3) is 0 Å². The van der Waals surface area contributed by atoms with Gasteiger partial charge in [0.15, 0.2) is 0 Å². The second-order valence-electron chi connectivity index (χ2n) is 3.63. The highest BCUT2D eigenvalue weighted by atomic mass is 35.5. The Kier molecular flexibility index (Phi) is 4.52. The lowest BCUT2D eigenvalue weighted by Crippen LogP contribution is -2.19. The molecule has 0 heterocycles. The van der Waals surface area contributed by atoms with Crippen LogP contribution in [0.4, 0.5) is 5.69 Å². The maximum atomic E-state index is 11.2. The van der Waals surface area contributed by atoms with E-state index < -0.39 is 11.9 Å². The van der Waals surface area contributed by atoms with Crippen LogP contribution in [0.3, 0.4) is 0 Å². The van der Waals surface area contributed by atoms with E-state index in [1.165, 1.54) is 6.07 Å². The van der Waals surface area contributed by atoms with Crippen LogP contribution in [-0.4, -0.2) is 35.2 Å². The van der Waals surface area contributed by atoms with Crippen molar-refractivity contribution >= 4 is 29.2 Å². The van der Waals surface area contributed by atoms with Gasteiger partial charge in [-0.25, -0.2) is 9.59 Å². The van der Waals surface area contributed by atoms with E-state index in [2.05, 4.69) is 5.32 Å². The molecule has 5 N–H and O–H groups in total. The fourth-order valence-corrected chi connectivity index (χ4v) is 1.97. The average Bonchev–Trinajstić information content (AvgIpc) is 2.23. The van der Waals surface area contributed by atoms with Gasteiger partial charge in [-0.1, -0.05) is 11.6 Å². The van der Waals surface area contributed by atoms with Crippen LogP contribution in [0.1, 0.15) is 26.3 Å². The molecule has 0 spiro atoms. The zero-order valence-electron chi connectivity index (χ0n) is 9.66. The monoisotopic (exact) mass is 272 g/mol. The molecule has 0 aliphatic heterocycles. The molecule has 0 unspecified atom stereocenters. The van der Waals surface area contributed by atoms with Crippen LogP contribution in [-0.2, 0) is 0 Å². The van der Waals surface area contributed by atoms with Crippen LogP contribution in [0.5, 0.6) is 0 Å². The Morgan fingerprint density at radius 2 is 1.89 bits per heavy atom. The second kappa shape index (κ2) is 5.70. The Morgan fingerprint density at radius 1 is 1.33 bits per heavy atom. The lowest BCUT2D eigenvalue weighted by molar-refractivity contribution is 0.0695. The first kappa shape index (κ1) is 14.3. The van der Waals surface area contributed by atoms with Gasteiger partial charge in [-0.3, -0.25) is 0 Å². The zero-order valence-corrected chi connectivity index (χ0v) is 10.4. The summed E-state index contributed by atoms with van der Waals surface area (Å²) in [5.74, 6) is -2.51. The second-order valence-corrected chi connectivity index (χ2v) is 4.03. The molecule has 18 heavy (non-hydrogen) atoms. The fourth-order valence-electron chi connectivity index (χ4n) is 1.63. The van der Waals surface area contributed by atoms with Gasteiger partial charge in [0.05, 0.1) is 16.3 Å². The summed E-state index contributed by atoms with van der Waals surface area (Å²) in [5.41, 5.74) is 5.33. The Hall–Kier alpha value is -1.79. The van der Waals surface area contributed by atoms with Gasteiger partial charge in [-0.05, 0) is 18.6 Å². The smallest absolute Gasteiger partial charge is 0.339 e. The number of aromatic carboxylic acids is 2. The van der Waals surface area contributed by atoms with Gasteiger partial charge in [-0.15, -0.1) is 0 Å². The molecule has 0 radical (unpaired) electrons. The largest absolute Gasteiger partial charge is 0.478 e. The molecule has 0 atom stereocenters. The number of halogens is 1. The molecule has 1 aromatic rings. The molecule has 98 valence electrons. The predicted octanol–water partition coefficient (Wildman–Crippen LogP) is 1.42. The highest BCUT2D eigenvalue weighted by molar-refractivity contribution is 6.34. The summed E-state index contributed by atoms with van der Waals surface area (Å²) in [6.45, 7) is 2.04.